The fourth-order valence-electron chi connectivity index (χ4n) is 4.50. The first-order chi connectivity index (χ1) is 22.0. The van der Waals surface area contributed by atoms with E-state index in [0.29, 0.717) is 27.7 Å². The summed E-state index contributed by atoms with van der Waals surface area (Å²) in [5.41, 5.74) is 1.35. The van der Waals surface area contributed by atoms with Gasteiger partial charge in [0, 0.05) is 18.5 Å². The van der Waals surface area contributed by atoms with E-state index in [1.807, 2.05) is 0 Å². The average molecular weight is 706 g/mol. The van der Waals surface area contributed by atoms with E-state index in [1.54, 1.807) is 18.2 Å². The van der Waals surface area contributed by atoms with Gasteiger partial charge in [-0.25, -0.2) is 4.21 Å². The molecule has 1 aliphatic carbocycles. The van der Waals surface area contributed by atoms with Gasteiger partial charge in [-0.3, -0.25) is 9.35 Å². The predicted molar refractivity (Wildman–Crippen MR) is 165 cm³/mol. The minimum absolute atomic E-state index is 0.000539. The smallest absolute Gasteiger partial charge is 0.387 e. The lowest BCUT2D eigenvalue weighted by Crippen LogP contribution is -2.35. The van der Waals surface area contributed by atoms with Gasteiger partial charge in [-0.1, -0.05) is 35.3 Å². The highest BCUT2D eigenvalue weighted by atomic mass is 35.5. The van der Waals surface area contributed by atoms with Crippen molar-refractivity contribution in [1.82, 2.24) is 4.31 Å². The standard InChI is InChI=1S/C30H32Cl2F2N2O9S/c1-41-24-7-5-18(11-27(24)42-2)9-10-36(46(39)40)16-29(37)44-26(13-21-22(31)14-35(38)15-23(21)32)20-6-8-25(45-30(33)34)28(12-20)43-17-19-3-4-19/h5-8,11-12,14-15,19,26,30H,3-4,9-10,13,16-17H2,1-2H3,(H,39,40). The topological polar surface area (TPSA) is 131 Å². The molecule has 2 unspecified atom stereocenters. The van der Waals surface area contributed by atoms with Gasteiger partial charge >= 0.3 is 12.6 Å². The highest BCUT2D eigenvalue weighted by Crippen LogP contribution is 2.38. The van der Waals surface area contributed by atoms with E-state index < -0.39 is 36.5 Å². The first-order valence-corrected chi connectivity index (χ1v) is 15.8. The summed E-state index contributed by atoms with van der Waals surface area (Å²) < 4.78 is 76.5. The Labute approximate surface area is 276 Å². The number of methoxy groups -OCH3 is 2. The Bertz CT molecular complexity index is 1530. The van der Waals surface area contributed by atoms with Crippen LogP contribution in [0.4, 0.5) is 8.78 Å². The number of benzene rings is 2. The van der Waals surface area contributed by atoms with Gasteiger partial charge < -0.3 is 28.9 Å². The van der Waals surface area contributed by atoms with E-state index in [4.69, 9.17) is 42.1 Å². The molecule has 1 saturated carbocycles. The van der Waals surface area contributed by atoms with Crippen LogP contribution in [0.15, 0.2) is 48.8 Å². The molecular formula is C30H32Cl2F2N2O9S. The van der Waals surface area contributed by atoms with Gasteiger partial charge in [0.1, 0.15) is 22.7 Å². The fraction of sp³-hybridized carbons (Fsp3) is 0.400. The maximum absolute atomic E-state index is 13.3. The van der Waals surface area contributed by atoms with E-state index in [9.17, 15) is 27.5 Å². The fourth-order valence-corrected chi connectivity index (χ4v) is 5.57. The first kappa shape index (κ1) is 35.4. The van der Waals surface area contributed by atoms with Gasteiger partial charge in [0.2, 0.25) is 11.3 Å². The van der Waals surface area contributed by atoms with E-state index in [-0.39, 0.29) is 53.1 Å². The van der Waals surface area contributed by atoms with Crippen molar-refractivity contribution in [3.8, 4) is 23.0 Å². The molecule has 16 heteroatoms. The van der Waals surface area contributed by atoms with Gasteiger partial charge in [0.25, 0.3) is 0 Å². The zero-order valence-electron chi connectivity index (χ0n) is 24.8. The number of rotatable bonds is 17. The number of nitrogens with zero attached hydrogens (tertiary/aromatic N) is 2. The van der Waals surface area contributed by atoms with Crippen molar-refractivity contribution in [1.29, 1.82) is 0 Å². The third-order valence-electron chi connectivity index (χ3n) is 7.07. The molecule has 4 rings (SSSR count). The molecule has 1 heterocycles. The summed E-state index contributed by atoms with van der Waals surface area (Å²) in [6, 6.07) is 9.27. The summed E-state index contributed by atoms with van der Waals surface area (Å²) in [4.78, 5) is 13.3. The number of esters is 1. The molecule has 46 heavy (non-hydrogen) atoms. The summed E-state index contributed by atoms with van der Waals surface area (Å²) in [7, 11) is 2.99. The van der Waals surface area contributed by atoms with Crippen LogP contribution in [-0.4, -0.2) is 59.6 Å². The highest BCUT2D eigenvalue weighted by molar-refractivity contribution is 7.76. The van der Waals surface area contributed by atoms with Gasteiger partial charge in [-0.2, -0.15) is 17.8 Å². The predicted octanol–water partition coefficient (Wildman–Crippen LogP) is 5.54. The largest absolute Gasteiger partial charge is 0.619 e. The number of carbonyl (C=O) groups is 1. The van der Waals surface area contributed by atoms with Crippen LogP contribution in [0.1, 0.15) is 35.6 Å². The lowest BCUT2D eigenvalue weighted by atomic mass is 10.0. The van der Waals surface area contributed by atoms with Crippen LogP contribution >= 0.6 is 23.2 Å². The number of ether oxygens (including phenoxy) is 5. The van der Waals surface area contributed by atoms with Gasteiger partial charge in [-0.05, 0) is 60.6 Å². The molecule has 0 bridgehead atoms. The Balaban J connectivity index is 1.57. The SMILES string of the molecule is COc1ccc(CCN(CC(=O)OC(Cc2c(Cl)c[n+]([O-])cc2Cl)c2ccc(OC(F)F)c(OCC3CC3)c2)S(=O)O)cc1OC. The maximum Gasteiger partial charge on any atom is 0.387 e. The lowest BCUT2D eigenvalue weighted by molar-refractivity contribution is -0.605. The van der Waals surface area contributed by atoms with Gasteiger partial charge in [0.05, 0.1) is 20.8 Å². The average Bonchev–Trinajstić information content (AvgIpc) is 3.84. The number of alkyl halides is 2. The molecule has 1 N–H and O–H groups in total. The molecule has 0 aliphatic heterocycles. The second-order valence-corrected chi connectivity index (χ2v) is 12.1. The summed E-state index contributed by atoms with van der Waals surface area (Å²) in [5, 5.41) is 11.8. The summed E-state index contributed by atoms with van der Waals surface area (Å²) in [5.74, 6) is 0.218. The minimum atomic E-state index is -3.10. The Kier molecular flexibility index (Phi) is 12.6. The van der Waals surface area contributed by atoms with E-state index in [0.717, 1.165) is 35.1 Å². The van der Waals surface area contributed by atoms with Crippen molar-refractivity contribution in [3.63, 3.8) is 0 Å². The molecular weight excluding hydrogens is 673 g/mol. The molecule has 2 aromatic carbocycles. The van der Waals surface area contributed by atoms with Crippen molar-refractivity contribution in [2.75, 3.05) is 33.9 Å². The molecule has 1 aromatic heterocycles. The second-order valence-electron chi connectivity index (χ2n) is 10.3. The molecule has 0 saturated heterocycles. The van der Waals surface area contributed by atoms with Gasteiger partial charge in [0.15, 0.2) is 35.4 Å². The number of pyridine rings is 1. The number of hydrogen-bond acceptors (Lipinski definition) is 8. The van der Waals surface area contributed by atoms with Crippen LogP contribution in [0.2, 0.25) is 10.0 Å². The molecule has 250 valence electrons. The monoisotopic (exact) mass is 704 g/mol. The summed E-state index contributed by atoms with van der Waals surface area (Å²) in [6.07, 6.45) is 3.08. The first-order valence-electron chi connectivity index (χ1n) is 14.0. The Morgan fingerprint density at radius 1 is 1.07 bits per heavy atom. The summed E-state index contributed by atoms with van der Waals surface area (Å²) >= 11 is 10.1. The van der Waals surface area contributed by atoms with E-state index >= 15 is 0 Å². The maximum atomic E-state index is 13.3. The van der Waals surface area contributed by atoms with Crippen LogP contribution in [0.5, 0.6) is 23.0 Å². The lowest BCUT2D eigenvalue weighted by Gasteiger charge is -2.23. The third-order valence-corrected chi connectivity index (χ3v) is 8.48. The van der Waals surface area contributed by atoms with Crippen molar-refractivity contribution in [2.45, 2.75) is 38.4 Å². The Hall–Kier alpha value is -3.43. The molecule has 2 atom stereocenters. The third kappa shape index (κ3) is 10.0. The molecule has 0 radical (unpaired) electrons. The Morgan fingerprint density at radius 2 is 1.74 bits per heavy atom. The molecule has 3 aromatic rings. The number of aromatic nitrogens is 1. The normalized spacial score (nSPS) is 14.2. The van der Waals surface area contributed by atoms with E-state index in [1.165, 1.54) is 32.4 Å². The van der Waals surface area contributed by atoms with E-state index in [2.05, 4.69) is 4.74 Å². The number of hydrogen-bond donors (Lipinski definition) is 1. The minimum Gasteiger partial charge on any atom is -0.619 e. The van der Waals surface area contributed by atoms with Crippen molar-refractivity contribution in [3.05, 3.63) is 80.7 Å². The van der Waals surface area contributed by atoms with Crippen LogP contribution in [0.25, 0.3) is 0 Å². The van der Waals surface area contributed by atoms with Crippen LogP contribution in [0, 0.1) is 11.1 Å². The molecule has 1 aliphatic rings. The summed E-state index contributed by atoms with van der Waals surface area (Å²) in [6.45, 7) is -3.41. The highest BCUT2D eigenvalue weighted by Gasteiger charge is 2.27. The second kappa shape index (κ2) is 16.4. The van der Waals surface area contributed by atoms with Gasteiger partial charge in [-0.15, -0.1) is 0 Å². The van der Waals surface area contributed by atoms with Crippen LogP contribution in [-0.2, 0) is 33.6 Å². The van der Waals surface area contributed by atoms with Crippen molar-refractivity contribution >= 4 is 40.4 Å². The zero-order chi connectivity index (χ0) is 33.4. The molecule has 11 nitrogen and oxygen atoms in total. The molecule has 0 spiro atoms. The van der Waals surface area contributed by atoms with Crippen LogP contribution < -0.4 is 23.7 Å². The molecule has 1 fully saturated rings. The number of carbonyl (C=O) groups excluding carboxylic acids is 1. The van der Waals surface area contributed by atoms with Crippen molar-refractivity contribution in [2.24, 2.45) is 5.92 Å². The Morgan fingerprint density at radius 3 is 2.35 bits per heavy atom. The van der Waals surface area contributed by atoms with Crippen molar-refractivity contribution < 1.29 is 50.8 Å². The zero-order valence-corrected chi connectivity index (χ0v) is 27.2. The molecule has 0 amide bonds. The quantitative estimate of drug-likeness (QED) is 0.0833. The van der Waals surface area contributed by atoms with Crippen LogP contribution in [0.3, 0.4) is 0 Å². The number of halogens is 4.